The smallest absolute Gasteiger partial charge is 0.341 e. The Balaban J connectivity index is 1.82. The maximum atomic E-state index is 12.7. The fourth-order valence-electron chi connectivity index (χ4n) is 3.76. The molecule has 0 saturated heterocycles. The highest BCUT2D eigenvalue weighted by molar-refractivity contribution is 7.17. The van der Waals surface area contributed by atoms with Crippen LogP contribution < -0.4 is 5.32 Å². The molecule has 6 heteroatoms. The standard InChI is InChI=1S/C22H28N2O3S/c1-5-9-24-10-8-17-18(13-24)28-21(20(17)22(26)27-4)23-19(25)12-16-7-6-14(2)11-15(16)3/h6-7,11H,5,8-10,12-13H2,1-4H3,(H,23,25). The molecule has 2 heterocycles. The topological polar surface area (TPSA) is 58.6 Å². The minimum Gasteiger partial charge on any atom is -0.465 e. The molecule has 1 aromatic carbocycles. The van der Waals surface area contributed by atoms with E-state index in [9.17, 15) is 9.59 Å². The number of nitrogens with zero attached hydrogens (tertiary/aromatic N) is 1. The highest BCUT2D eigenvalue weighted by atomic mass is 32.1. The molecule has 28 heavy (non-hydrogen) atoms. The molecule has 1 aliphatic rings. The molecule has 0 fully saturated rings. The fraction of sp³-hybridized carbons (Fsp3) is 0.455. The number of hydrogen-bond acceptors (Lipinski definition) is 5. The van der Waals surface area contributed by atoms with Crippen LogP contribution in [0.4, 0.5) is 5.00 Å². The number of ether oxygens (including phenoxy) is 1. The molecule has 2 aromatic rings. The van der Waals surface area contributed by atoms with Crippen molar-refractivity contribution in [2.45, 2.75) is 46.6 Å². The van der Waals surface area contributed by atoms with E-state index in [2.05, 4.69) is 23.2 Å². The van der Waals surface area contributed by atoms with Crippen molar-refractivity contribution in [3.63, 3.8) is 0 Å². The molecule has 0 unspecified atom stereocenters. The van der Waals surface area contributed by atoms with Gasteiger partial charge in [0.1, 0.15) is 5.00 Å². The summed E-state index contributed by atoms with van der Waals surface area (Å²) in [5.41, 5.74) is 4.85. The molecule has 0 saturated carbocycles. The summed E-state index contributed by atoms with van der Waals surface area (Å²) >= 11 is 1.51. The van der Waals surface area contributed by atoms with E-state index >= 15 is 0 Å². The van der Waals surface area contributed by atoms with Crippen molar-refractivity contribution in [1.82, 2.24) is 4.90 Å². The lowest BCUT2D eigenvalue weighted by atomic mass is 10.0. The van der Waals surface area contributed by atoms with Gasteiger partial charge < -0.3 is 10.1 Å². The maximum absolute atomic E-state index is 12.7. The highest BCUT2D eigenvalue weighted by Crippen LogP contribution is 2.37. The van der Waals surface area contributed by atoms with E-state index in [-0.39, 0.29) is 18.3 Å². The van der Waals surface area contributed by atoms with E-state index in [0.29, 0.717) is 10.6 Å². The zero-order chi connectivity index (χ0) is 20.3. The molecule has 3 rings (SSSR count). The van der Waals surface area contributed by atoms with E-state index in [0.717, 1.165) is 54.0 Å². The van der Waals surface area contributed by atoms with Crippen LogP contribution in [0.25, 0.3) is 0 Å². The molecular formula is C22H28N2O3S. The number of hydrogen-bond donors (Lipinski definition) is 1. The number of nitrogens with one attached hydrogen (secondary N) is 1. The van der Waals surface area contributed by atoms with Crippen LogP contribution in [0.3, 0.4) is 0 Å². The van der Waals surface area contributed by atoms with Crippen LogP contribution in [0.1, 0.15) is 50.8 Å². The molecule has 1 aliphatic heterocycles. The summed E-state index contributed by atoms with van der Waals surface area (Å²) < 4.78 is 5.01. The van der Waals surface area contributed by atoms with Crippen molar-refractivity contribution in [2.24, 2.45) is 0 Å². The van der Waals surface area contributed by atoms with Crippen molar-refractivity contribution in [2.75, 3.05) is 25.5 Å². The number of anilines is 1. The first-order valence-electron chi connectivity index (χ1n) is 9.74. The Kier molecular flexibility index (Phi) is 6.52. The summed E-state index contributed by atoms with van der Waals surface area (Å²) in [5.74, 6) is -0.482. The van der Waals surface area contributed by atoms with Gasteiger partial charge in [0.15, 0.2) is 0 Å². The van der Waals surface area contributed by atoms with Gasteiger partial charge >= 0.3 is 5.97 Å². The number of benzene rings is 1. The second kappa shape index (κ2) is 8.88. The van der Waals surface area contributed by atoms with Gasteiger partial charge in [-0.1, -0.05) is 30.7 Å². The SMILES string of the molecule is CCCN1CCc2c(sc(NC(=O)Cc3ccc(C)cc3C)c2C(=O)OC)C1. The third-order valence-corrected chi connectivity index (χ3v) is 6.30. The average molecular weight is 401 g/mol. The zero-order valence-corrected chi connectivity index (χ0v) is 17.9. The first-order valence-corrected chi connectivity index (χ1v) is 10.6. The number of carbonyl (C=O) groups is 2. The summed E-state index contributed by atoms with van der Waals surface area (Å²) in [6.07, 6.45) is 2.20. The number of aryl methyl sites for hydroxylation is 2. The molecule has 1 amide bonds. The van der Waals surface area contributed by atoms with Crippen molar-refractivity contribution in [3.05, 3.63) is 50.9 Å². The maximum Gasteiger partial charge on any atom is 0.341 e. The first kappa shape index (κ1) is 20.6. The Hall–Kier alpha value is -2.18. The van der Waals surface area contributed by atoms with Gasteiger partial charge in [0, 0.05) is 18.0 Å². The summed E-state index contributed by atoms with van der Waals surface area (Å²) in [5, 5.41) is 3.60. The monoisotopic (exact) mass is 400 g/mol. The quantitative estimate of drug-likeness (QED) is 0.742. The summed E-state index contributed by atoms with van der Waals surface area (Å²) in [6, 6.07) is 6.09. The van der Waals surface area contributed by atoms with Gasteiger partial charge in [0.05, 0.1) is 19.1 Å². The Morgan fingerprint density at radius 3 is 2.75 bits per heavy atom. The Morgan fingerprint density at radius 2 is 2.07 bits per heavy atom. The van der Waals surface area contributed by atoms with E-state index in [1.54, 1.807) is 0 Å². The minimum atomic E-state index is -0.372. The van der Waals surface area contributed by atoms with Gasteiger partial charge in [0.25, 0.3) is 0 Å². The van der Waals surface area contributed by atoms with E-state index in [1.807, 2.05) is 26.0 Å². The van der Waals surface area contributed by atoms with Crippen molar-refractivity contribution in [1.29, 1.82) is 0 Å². The summed E-state index contributed by atoms with van der Waals surface area (Å²) in [6.45, 7) is 9.02. The Morgan fingerprint density at radius 1 is 1.29 bits per heavy atom. The molecule has 0 atom stereocenters. The number of rotatable bonds is 6. The molecule has 5 nitrogen and oxygen atoms in total. The summed E-state index contributed by atoms with van der Waals surface area (Å²) in [7, 11) is 1.39. The van der Waals surface area contributed by atoms with Crippen molar-refractivity contribution < 1.29 is 14.3 Å². The number of fused-ring (bicyclic) bond motifs is 1. The van der Waals surface area contributed by atoms with Crippen LogP contribution in [0.5, 0.6) is 0 Å². The largest absolute Gasteiger partial charge is 0.465 e. The van der Waals surface area contributed by atoms with Gasteiger partial charge in [-0.3, -0.25) is 9.69 Å². The van der Waals surface area contributed by atoms with Gasteiger partial charge in [-0.2, -0.15) is 0 Å². The third-order valence-electron chi connectivity index (χ3n) is 5.17. The molecule has 1 N–H and O–H groups in total. The Bertz CT molecular complexity index is 888. The zero-order valence-electron chi connectivity index (χ0n) is 17.1. The van der Waals surface area contributed by atoms with E-state index in [4.69, 9.17) is 4.74 Å². The fourth-order valence-corrected chi connectivity index (χ4v) is 5.05. The number of esters is 1. The number of amides is 1. The minimum absolute atomic E-state index is 0.110. The molecule has 0 spiro atoms. The first-order chi connectivity index (χ1) is 13.4. The number of thiophene rings is 1. The van der Waals surface area contributed by atoms with Crippen LogP contribution >= 0.6 is 11.3 Å². The number of methoxy groups -OCH3 is 1. The second-order valence-corrected chi connectivity index (χ2v) is 8.49. The van der Waals surface area contributed by atoms with Crippen LogP contribution in [-0.2, 0) is 28.9 Å². The highest BCUT2D eigenvalue weighted by Gasteiger charge is 2.29. The van der Waals surface area contributed by atoms with E-state index < -0.39 is 0 Å². The number of carbonyl (C=O) groups excluding carboxylic acids is 2. The molecular weight excluding hydrogens is 372 g/mol. The second-order valence-electron chi connectivity index (χ2n) is 7.38. The van der Waals surface area contributed by atoms with Gasteiger partial charge in [-0.05, 0) is 49.9 Å². The van der Waals surface area contributed by atoms with Gasteiger partial charge in [0.2, 0.25) is 5.91 Å². The van der Waals surface area contributed by atoms with Gasteiger partial charge in [-0.25, -0.2) is 4.79 Å². The molecule has 150 valence electrons. The van der Waals surface area contributed by atoms with Crippen LogP contribution in [0.2, 0.25) is 0 Å². The lowest BCUT2D eigenvalue weighted by Gasteiger charge is -2.26. The predicted octanol–water partition coefficient (Wildman–Crippen LogP) is 4.10. The van der Waals surface area contributed by atoms with Crippen LogP contribution in [0, 0.1) is 13.8 Å². The van der Waals surface area contributed by atoms with Crippen molar-refractivity contribution >= 4 is 28.2 Å². The third kappa shape index (κ3) is 4.45. The Labute approximate surface area is 170 Å². The average Bonchev–Trinajstić information content (AvgIpc) is 3.00. The molecule has 0 radical (unpaired) electrons. The molecule has 0 aliphatic carbocycles. The molecule has 1 aromatic heterocycles. The van der Waals surface area contributed by atoms with Crippen LogP contribution in [0.15, 0.2) is 18.2 Å². The summed E-state index contributed by atoms with van der Waals surface area (Å²) in [4.78, 5) is 28.7. The lowest BCUT2D eigenvalue weighted by molar-refractivity contribution is -0.115. The normalized spacial score (nSPS) is 13.9. The van der Waals surface area contributed by atoms with Crippen molar-refractivity contribution in [3.8, 4) is 0 Å². The lowest BCUT2D eigenvalue weighted by Crippen LogP contribution is -2.30. The van der Waals surface area contributed by atoms with E-state index in [1.165, 1.54) is 24.0 Å². The predicted molar refractivity (Wildman–Crippen MR) is 113 cm³/mol. The molecule has 0 bridgehead atoms. The van der Waals surface area contributed by atoms with Gasteiger partial charge in [-0.15, -0.1) is 11.3 Å². The van der Waals surface area contributed by atoms with Crippen LogP contribution in [-0.4, -0.2) is 37.0 Å².